The highest BCUT2D eigenvalue weighted by molar-refractivity contribution is 5.97. The van der Waals surface area contributed by atoms with Crippen LogP contribution in [0.5, 0.6) is 0 Å². The smallest absolute Gasteiger partial charge is 0.0603 e. The lowest BCUT2D eigenvalue weighted by molar-refractivity contribution is 1.16. The first-order valence-electron chi connectivity index (χ1n) is 3.03. The van der Waals surface area contributed by atoms with Gasteiger partial charge in [0.1, 0.15) is 0 Å². The number of hydrogen-bond donors (Lipinski definition) is 0. The maximum absolute atomic E-state index is 4.26. The largest absolute Gasteiger partial charge is 0.285 e. The predicted octanol–water partition coefficient (Wildman–Crippen LogP) is 1.80. The molecular weight excluding hydrogens is 98.1 g/mol. The van der Waals surface area contributed by atoms with E-state index < -0.39 is 0 Å². The summed E-state index contributed by atoms with van der Waals surface area (Å²) in [5.74, 6) is 0. The summed E-state index contributed by atoms with van der Waals surface area (Å²) in [4.78, 5) is 4.26. The van der Waals surface area contributed by atoms with Gasteiger partial charge in [-0.3, -0.25) is 4.99 Å². The molecule has 1 heterocycles. The summed E-state index contributed by atoms with van der Waals surface area (Å²) in [7, 11) is 0. The second kappa shape index (κ2) is 2.12. The summed E-state index contributed by atoms with van der Waals surface area (Å²) in [6, 6.07) is 0. The second-order valence-corrected chi connectivity index (χ2v) is 2.15. The van der Waals surface area contributed by atoms with Gasteiger partial charge in [-0.2, -0.15) is 0 Å². The fourth-order valence-electron chi connectivity index (χ4n) is 0.816. The van der Waals surface area contributed by atoms with E-state index in [9.17, 15) is 0 Å². The van der Waals surface area contributed by atoms with Crippen LogP contribution in [0.1, 0.15) is 20.3 Å². The van der Waals surface area contributed by atoms with Crippen molar-refractivity contribution >= 4 is 5.71 Å². The third-order valence-electron chi connectivity index (χ3n) is 1.31. The van der Waals surface area contributed by atoms with Gasteiger partial charge in [0.05, 0.1) is 6.54 Å². The SMILES string of the molecule is CCC1=NCC(C)=C1. The Morgan fingerprint density at radius 1 is 1.75 bits per heavy atom. The van der Waals surface area contributed by atoms with Crippen molar-refractivity contribution in [3.63, 3.8) is 0 Å². The monoisotopic (exact) mass is 109 g/mol. The van der Waals surface area contributed by atoms with Gasteiger partial charge in [0.15, 0.2) is 0 Å². The molecule has 8 heavy (non-hydrogen) atoms. The van der Waals surface area contributed by atoms with Gasteiger partial charge < -0.3 is 0 Å². The zero-order valence-electron chi connectivity index (χ0n) is 5.44. The Labute approximate surface area is 50.1 Å². The van der Waals surface area contributed by atoms with Crippen molar-refractivity contribution in [1.82, 2.24) is 0 Å². The van der Waals surface area contributed by atoms with E-state index in [4.69, 9.17) is 0 Å². The van der Waals surface area contributed by atoms with Crippen molar-refractivity contribution in [3.05, 3.63) is 11.6 Å². The molecule has 0 saturated carbocycles. The summed E-state index contributed by atoms with van der Waals surface area (Å²) in [6.07, 6.45) is 3.25. The fourth-order valence-corrected chi connectivity index (χ4v) is 0.816. The molecule has 0 N–H and O–H groups in total. The minimum atomic E-state index is 0.934. The molecule has 0 aromatic heterocycles. The number of aliphatic imine (C=N–C) groups is 1. The van der Waals surface area contributed by atoms with E-state index in [1.165, 1.54) is 11.3 Å². The van der Waals surface area contributed by atoms with Crippen molar-refractivity contribution in [2.75, 3.05) is 6.54 Å². The van der Waals surface area contributed by atoms with Crippen molar-refractivity contribution in [2.24, 2.45) is 4.99 Å². The van der Waals surface area contributed by atoms with Crippen molar-refractivity contribution in [3.8, 4) is 0 Å². The quantitative estimate of drug-likeness (QED) is 0.487. The van der Waals surface area contributed by atoms with Gasteiger partial charge in [0.2, 0.25) is 0 Å². The highest BCUT2D eigenvalue weighted by Gasteiger charge is 1.99. The molecule has 0 fully saturated rings. The normalized spacial score (nSPS) is 18.2. The van der Waals surface area contributed by atoms with E-state index in [0.717, 1.165) is 13.0 Å². The highest BCUT2D eigenvalue weighted by atomic mass is 14.7. The van der Waals surface area contributed by atoms with E-state index >= 15 is 0 Å². The Bertz CT molecular complexity index is 142. The molecule has 0 amide bonds. The molecule has 1 nitrogen and oxygen atoms in total. The summed E-state index contributed by atoms with van der Waals surface area (Å²) < 4.78 is 0. The molecule has 0 saturated heterocycles. The zero-order chi connectivity index (χ0) is 5.98. The lowest BCUT2D eigenvalue weighted by Crippen LogP contribution is -1.83. The molecule has 0 unspecified atom stereocenters. The minimum Gasteiger partial charge on any atom is -0.285 e. The first-order chi connectivity index (χ1) is 3.83. The number of allylic oxidation sites excluding steroid dienone is 1. The molecule has 0 aromatic rings. The summed E-state index contributed by atoms with van der Waals surface area (Å²) in [6.45, 7) is 5.18. The molecule has 0 radical (unpaired) electrons. The summed E-state index contributed by atoms with van der Waals surface area (Å²) in [5, 5.41) is 0. The summed E-state index contributed by atoms with van der Waals surface area (Å²) in [5.41, 5.74) is 2.64. The van der Waals surface area contributed by atoms with Crippen LogP contribution >= 0.6 is 0 Å². The van der Waals surface area contributed by atoms with Gasteiger partial charge in [-0.25, -0.2) is 0 Å². The van der Waals surface area contributed by atoms with Crippen LogP contribution in [-0.4, -0.2) is 12.3 Å². The van der Waals surface area contributed by atoms with E-state index in [-0.39, 0.29) is 0 Å². The zero-order valence-corrected chi connectivity index (χ0v) is 5.44. The maximum atomic E-state index is 4.26. The van der Waals surface area contributed by atoms with Gasteiger partial charge in [-0.05, 0) is 19.4 Å². The average Bonchev–Trinajstić information content (AvgIpc) is 2.14. The van der Waals surface area contributed by atoms with Gasteiger partial charge in [0, 0.05) is 5.71 Å². The van der Waals surface area contributed by atoms with E-state index in [1.807, 2.05) is 0 Å². The van der Waals surface area contributed by atoms with Gasteiger partial charge >= 0.3 is 0 Å². The average molecular weight is 109 g/mol. The van der Waals surface area contributed by atoms with Crippen molar-refractivity contribution in [1.29, 1.82) is 0 Å². The Morgan fingerprint density at radius 2 is 2.50 bits per heavy atom. The van der Waals surface area contributed by atoms with Crippen LogP contribution in [0.25, 0.3) is 0 Å². The minimum absolute atomic E-state index is 0.934. The number of hydrogen-bond acceptors (Lipinski definition) is 1. The van der Waals surface area contributed by atoms with Crippen LogP contribution < -0.4 is 0 Å². The third kappa shape index (κ3) is 0.971. The Morgan fingerprint density at radius 3 is 2.75 bits per heavy atom. The lowest BCUT2D eigenvalue weighted by atomic mass is 10.2. The van der Waals surface area contributed by atoms with Crippen LogP contribution in [0.4, 0.5) is 0 Å². The maximum Gasteiger partial charge on any atom is 0.0603 e. The Kier molecular flexibility index (Phi) is 1.47. The lowest BCUT2D eigenvalue weighted by Gasteiger charge is -1.83. The molecule has 0 aliphatic carbocycles. The van der Waals surface area contributed by atoms with Crippen molar-refractivity contribution < 1.29 is 0 Å². The molecule has 0 atom stereocenters. The Hall–Kier alpha value is -0.590. The fraction of sp³-hybridized carbons (Fsp3) is 0.571. The molecular formula is C7H11N. The molecule has 0 aromatic carbocycles. The third-order valence-corrected chi connectivity index (χ3v) is 1.31. The molecule has 0 bridgehead atoms. The van der Waals surface area contributed by atoms with Gasteiger partial charge in [-0.1, -0.05) is 12.5 Å². The predicted molar refractivity (Wildman–Crippen MR) is 36.4 cm³/mol. The van der Waals surface area contributed by atoms with Gasteiger partial charge in [-0.15, -0.1) is 0 Å². The molecule has 1 heteroatoms. The number of nitrogens with zero attached hydrogens (tertiary/aromatic N) is 1. The second-order valence-electron chi connectivity index (χ2n) is 2.15. The van der Waals surface area contributed by atoms with Crippen LogP contribution in [0.2, 0.25) is 0 Å². The molecule has 1 aliphatic heterocycles. The van der Waals surface area contributed by atoms with Crippen LogP contribution in [0.3, 0.4) is 0 Å². The molecule has 0 spiro atoms. The van der Waals surface area contributed by atoms with Gasteiger partial charge in [0.25, 0.3) is 0 Å². The highest BCUT2D eigenvalue weighted by Crippen LogP contribution is 2.05. The van der Waals surface area contributed by atoms with Crippen LogP contribution in [0, 0.1) is 0 Å². The van der Waals surface area contributed by atoms with E-state index in [1.54, 1.807) is 0 Å². The molecule has 1 rings (SSSR count). The van der Waals surface area contributed by atoms with E-state index in [0.29, 0.717) is 0 Å². The Balaban J connectivity index is 2.58. The first-order valence-corrected chi connectivity index (χ1v) is 3.03. The van der Waals surface area contributed by atoms with Crippen LogP contribution in [0.15, 0.2) is 16.6 Å². The molecule has 44 valence electrons. The van der Waals surface area contributed by atoms with Crippen LogP contribution in [-0.2, 0) is 0 Å². The molecule has 1 aliphatic rings. The van der Waals surface area contributed by atoms with Crippen molar-refractivity contribution in [2.45, 2.75) is 20.3 Å². The topological polar surface area (TPSA) is 12.4 Å². The number of rotatable bonds is 1. The standard InChI is InChI=1S/C7H11N/c1-3-7-4-6(2)5-8-7/h4H,3,5H2,1-2H3. The van der Waals surface area contributed by atoms with E-state index in [2.05, 4.69) is 24.9 Å². The summed E-state index contributed by atoms with van der Waals surface area (Å²) >= 11 is 0. The first kappa shape index (κ1) is 5.54.